The highest BCUT2D eigenvalue weighted by molar-refractivity contribution is 6.01. The number of hydrogen-bond donors (Lipinski definition) is 1. The van der Waals surface area contributed by atoms with Crippen LogP contribution in [-0.2, 0) is 4.74 Å². The zero-order valence-corrected chi connectivity index (χ0v) is 16.7. The molecule has 1 heterocycles. The maximum absolute atomic E-state index is 12.3. The van der Waals surface area contributed by atoms with Gasteiger partial charge in [-0.05, 0) is 49.6 Å². The Kier molecular flexibility index (Phi) is 5.99. The number of pyridine rings is 1. The quantitative estimate of drug-likeness (QED) is 0.461. The highest BCUT2D eigenvalue weighted by atomic mass is 16.5. The largest absolute Gasteiger partial charge is 0.505 e. The Morgan fingerprint density at radius 2 is 1.90 bits per heavy atom. The lowest BCUT2D eigenvalue weighted by atomic mass is 10.1. The SMILES string of the molecule is CCCCOC(=O)c1nc(C#N)c2cc(Oc3c(C)cccc3C)ccc2c1O. The Morgan fingerprint density at radius 1 is 1.17 bits per heavy atom. The summed E-state index contributed by atoms with van der Waals surface area (Å²) in [6, 6.07) is 12.8. The lowest BCUT2D eigenvalue weighted by Gasteiger charge is -2.13. The Labute approximate surface area is 169 Å². The summed E-state index contributed by atoms with van der Waals surface area (Å²) in [5, 5.41) is 20.8. The molecule has 148 valence electrons. The van der Waals surface area contributed by atoms with Gasteiger partial charge in [0, 0.05) is 10.8 Å². The Hall–Kier alpha value is -3.59. The van der Waals surface area contributed by atoms with Gasteiger partial charge >= 0.3 is 5.97 Å². The second kappa shape index (κ2) is 8.61. The number of aromatic hydroxyl groups is 1. The summed E-state index contributed by atoms with van der Waals surface area (Å²) >= 11 is 0. The molecule has 0 aliphatic heterocycles. The first kappa shape index (κ1) is 20.2. The van der Waals surface area contributed by atoms with Crippen molar-refractivity contribution in [1.82, 2.24) is 4.98 Å². The fraction of sp³-hybridized carbons (Fsp3) is 0.261. The number of fused-ring (bicyclic) bond motifs is 1. The van der Waals surface area contributed by atoms with E-state index in [2.05, 4.69) is 4.98 Å². The third-order valence-electron chi connectivity index (χ3n) is 4.61. The van der Waals surface area contributed by atoms with Crippen molar-refractivity contribution in [3.05, 3.63) is 58.9 Å². The fourth-order valence-electron chi connectivity index (χ4n) is 3.02. The van der Waals surface area contributed by atoms with Crippen molar-refractivity contribution in [2.24, 2.45) is 0 Å². The summed E-state index contributed by atoms with van der Waals surface area (Å²) in [6.45, 7) is 6.12. The summed E-state index contributed by atoms with van der Waals surface area (Å²) in [7, 11) is 0. The molecule has 0 aliphatic rings. The van der Waals surface area contributed by atoms with Gasteiger partial charge in [0.1, 0.15) is 23.3 Å². The smallest absolute Gasteiger partial charge is 0.360 e. The molecule has 1 aromatic heterocycles. The van der Waals surface area contributed by atoms with E-state index in [0.717, 1.165) is 23.3 Å². The van der Waals surface area contributed by atoms with Gasteiger partial charge in [0.2, 0.25) is 0 Å². The van der Waals surface area contributed by atoms with Crippen LogP contribution in [0.5, 0.6) is 17.2 Å². The molecule has 0 spiro atoms. The molecular formula is C23H22N2O4. The molecule has 0 radical (unpaired) electrons. The first-order valence-corrected chi connectivity index (χ1v) is 9.44. The van der Waals surface area contributed by atoms with Crippen LogP contribution in [0, 0.1) is 25.2 Å². The van der Waals surface area contributed by atoms with Gasteiger partial charge in [-0.1, -0.05) is 31.5 Å². The van der Waals surface area contributed by atoms with Crippen LogP contribution in [0.4, 0.5) is 0 Å². The van der Waals surface area contributed by atoms with Gasteiger partial charge in [0.15, 0.2) is 11.4 Å². The predicted octanol–water partition coefficient (Wildman–Crippen LogP) is 5.18. The summed E-state index contributed by atoms with van der Waals surface area (Å²) < 4.78 is 11.2. The number of ether oxygens (including phenoxy) is 2. The van der Waals surface area contributed by atoms with Gasteiger partial charge < -0.3 is 14.6 Å². The first-order valence-electron chi connectivity index (χ1n) is 9.44. The van der Waals surface area contributed by atoms with Crippen molar-refractivity contribution >= 4 is 16.7 Å². The van der Waals surface area contributed by atoms with Gasteiger partial charge in [0.05, 0.1) is 6.61 Å². The number of nitrogens with zero attached hydrogens (tertiary/aromatic N) is 2. The zero-order valence-electron chi connectivity index (χ0n) is 16.7. The average Bonchev–Trinajstić information content (AvgIpc) is 2.71. The highest BCUT2D eigenvalue weighted by Gasteiger charge is 2.21. The molecule has 0 saturated carbocycles. The molecule has 0 bridgehead atoms. The topological polar surface area (TPSA) is 92.4 Å². The number of hydrogen-bond acceptors (Lipinski definition) is 6. The molecule has 0 unspecified atom stereocenters. The maximum Gasteiger partial charge on any atom is 0.360 e. The van der Waals surface area contributed by atoms with Crippen LogP contribution < -0.4 is 4.74 Å². The van der Waals surface area contributed by atoms with Crippen LogP contribution in [0.25, 0.3) is 10.8 Å². The van der Waals surface area contributed by atoms with Gasteiger partial charge in [-0.25, -0.2) is 9.78 Å². The van der Waals surface area contributed by atoms with E-state index in [4.69, 9.17) is 9.47 Å². The number of aromatic nitrogens is 1. The van der Waals surface area contributed by atoms with E-state index >= 15 is 0 Å². The van der Waals surface area contributed by atoms with Crippen molar-refractivity contribution in [3.8, 4) is 23.3 Å². The first-order chi connectivity index (χ1) is 14.0. The van der Waals surface area contributed by atoms with Crippen LogP contribution in [0.2, 0.25) is 0 Å². The fourth-order valence-corrected chi connectivity index (χ4v) is 3.02. The van der Waals surface area contributed by atoms with Crippen LogP contribution in [-0.4, -0.2) is 22.7 Å². The van der Waals surface area contributed by atoms with Gasteiger partial charge in [0.25, 0.3) is 0 Å². The molecule has 1 N–H and O–H groups in total. The number of nitriles is 1. The third-order valence-corrected chi connectivity index (χ3v) is 4.61. The molecule has 6 nitrogen and oxygen atoms in total. The predicted molar refractivity (Wildman–Crippen MR) is 109 cm³/mol. The molecule has 0 saturated heterocycles. The van der Waals surface area contributed by atoms with E-state index in [1.54, 1.807) is 18.2 Å². The number of esters is 1. The molecule has 0 amide bonds. The van der Waals surface area contributed by atoms with E-state index in [1.807, 2.05) is 45.0 Å². The standard InChI is InChI=1S/C23H22N2O4/c1-4-5-11-28-23(27)20-21(26)17-10-9-16(12-18(17)19(13-24)25-20)29-22-14(2)7-6-8-15(22)3/h6-10,12,26H,4-5,11H2,1-3H3. The maximum atomic E-state index is 12.3. The highest BCUT2D eigenvalue weighted by Crippen LogP contribution is 2.35. The Balaban J connectivity index is 2.02. The van der Waals surface area contributed by atoms with Gasteiger partial charge in [-0.15, -0.1) is 0 Å². The van der Waals surface area contributed by atoms with Crippen molar-refractivity contribution in [2.45, 2.75) is 33.6 Å². The minimum Gasteiger partial charge on any atom is -0.505 e. The minimum absolute atomic E-state index is 0.0206. The monoisotopic (exact) mass is 390 g/mol. The number of para-hydroxylation sites is 1. The second-order valence-corrected chi connectivity index (χ2v) is 6.79. The normalized spacial score (nSPS) is 10.6. The molecule has 6 heteroatoms. The molecule has 3 aromatic rings. The zero-order chi connectivity index (χ0) is 21.0. The van der Waals surface area contributed by atoms with E-state index < -0.39 is 5.97 Å². The molecule has 0 atom stereocenters. The molecule has 29 heavy (non-hydrogen) atoms. The number of carbonyl (C=O) groups is 1. The molecule has 0 fully saturated rings. The molecular weight excluding hydrogens is 368 g/mol. The number of rotatable bonds is 6. The third kappa shape index (κ3) is 4.14. The second-order valence-electron chi connectivity index (χ2n) is 6.79. The summed E-state index contributed by atoms with van der Waals surface area (Å²) in [4.78, 5) is 16.3. The van der Waals surface area contributed by atoms with Crippen molar-refractivity contribution in [1.29, 1.82) is 5.26 Å². The number of benzene rings is 2. The van der Waals surface area contributed by atoms with E-state index in [1.165, 1.54) is 0 Å². The Bertz CT molecular complexity index is 1100. The van der Waals surface area contributed by atoms with Crippen LogP contribution in [0.15, 0.2) is 36.4 Å². The van der Waals surface area contributed by atoms with Crippen molar-refractivity contribution < 1.29 is 19.4 Å². The van der Waals surface area contributed by atoms with Crippen LogP contribution in [0.3, 0.4) is 0 Å². The van der Waals surface area contributed by atoms with Gasteiger partial charge in [-0.3, -0.25) is 0 Å². The minimum atomic E-state index is -0.745. The van der Waals surface area contributed by atoms with Gasteiger partial charge in [-0.2, -0.15) is 5.26 Å². The summed E-state index contributed by atoms with van der Waals surface area (Å²) in [5.74, 6) is 0.189. The summed E-state index contributed by atoms with van der Waals surface area (Å²) in [6.07, 6.45) is 1.58. The van der Waals surface area contributed by atoms with Crippen LogP contribution in [0.1, 0.15) is 47.1 Å². The summed E-state index contributed by atoms with van der Waals surface area (Å²) in [5.41, 5.74) is 1.73. The van der Waals surface area contributed by atoms with Crippen molar-refractivity contribution in [2.75, 3.05) is 6.61 Å². The van der Waals surface area contributed by atoms with E-state index in [9.17, 15) is 15.2 Å². The molecule has 3 rings (SSSR count). The van der Waals surface area contributed by atoms with Crippen LogP contribution >= 0.6 is 0 Å². The van der Waals surface area contributed by atoms with Crippen molar-refractivity contribution in [3.63, 3.8) is 0 Å². The average molecular weight is 390 g/mol. The lowest BCUT2D eigenvalue weighted by Crippen LogP contribution is -2.10. The molecule has 2 aromatic carbocycles. The van der Waals surface area contributed by atoms with E-state index in [-0.39, 0.29) is 23.7 Å². The number of unbranched alkanes of at least 4 members (excludes halogenated alkanes) is 1. The number of carbonyl (C=O) groups excluding carboxylic acids is 1. The molecule has 0 aliphatic carbocycles. The Morgan fingerprint density at radius 3 is 2.55 bits per heavy atom. The lowest BCUT2D eigenvalue weighted by molar-refractivity contribution is 0.0489. The number of aryl methyl sites for hydroxylation is 2. The van der Waals surface area contributed by atoms with E-state index in [0.29, 0.717) is 22.9 Å².